The van der Waals surface area contributed by atoms with Crippen molar-refractivity contribution in [3.05, 3.63) is 83.0 Å². The van der Waals surface area contributed by atoms with E-state index in [1.807, 2.05) is 37.5 Å². The zero-order valence-electron chi connectivity index (χ0n) is 31.1. The van der Waals surface area contributed by atoms with Crippen molar-refractivity contribution in [3.8, 4) is 11.1 Å². The predicted octanol–water partition coefficient (Wildman–Crippen LogP) is 2.82. The molecule has 2 radical (unpaired) electrons. The Kier molecular flexibility index (Phi) is 9.15. The summed E-state index contributed by atoms with van der Waals surface area (Å²) in [6.45, 7) is 1.41. The van der Waals surface area contributed by atoms with Crippen molar-refractivity contribution in [1.82, 2.24) is 35.2 Å². The number of aromatic nitrogens is 3. The van der Waals surface area contributed by atoms with Crippen LogP contribution in [0.4, 0.5) is 11.4 Å². The van der Waals surface area contributed by atoms with Gasteiger partial charge in [-0.25, -0.2) is 4.98 Å². The number of nitrogens with zero attached hydrogens (tertiary/aromatic N) is 6. The number of allylic oxidation sites excluding steroid dienone is 1. The van der Waals surface area contributed by atoms with Crippen LogP contribution in [0.1, 0.15) is 85.2 Å². The van der Waals surface area contributed by atoms with Gasteiger partial charge in [0.25, 0.3) is 11.8 Å². The lowest BCUT2D eigenvalue weighted by Gasteiger charge is -2.44. The number of benzene rings is 1. The van der Waals surface area contributed by atoms with Gasteiger partial charge in [0.15, 0.2) is 0 Å². The van der Waals surface area contributed by atoms with E-state index in [-0.39, 0.29) is 52.8 Å². The van der Waals surface area contributed by atoms with E-state index in [0.29, 0.717) is 23.6 Å². The summed E-state index contributed by atoms with van der Waals surface area (Å²) in [4.78, 5) is 49.0. The van der Waals surface area contributed by atoms with Gasteiger partial charge in [0.05, 0.1) is 49.4 Å². The molecule has 280 valence electrons. The highest BCUT2D eigenvalue weighted by atomic mass is 16.2. The van der Waals surface area contributed by atoms with Crippen LogP contribution in [0.3, 0.4) is 0 Å². The van der Waals surface area contributed by atoms with E-state index in [1.165, 1.54) is 11.0 Å². The number of amides is 3. The second kappa shape index (κ2) is 13.8. The number of fused-ring (bicyclic) bond motifs is 3. The van der Waals surface area contributed by atoms with Crippen molar-refractivity contribution in [2.45, 2.75) is 81.5 Å². The van der Waals surface area contributed by atoms with Crippen molar-refractivity contribution in [2.24, 2.45) is 17.4 Å². The van der Waals surface area contributed by atoms with Crippen LogP contribution in [0.2, 0.25) is 0 Å². The Morgan fingerprint density at radius 1 is 1.04 bits per heavy atom. The van der Waals surface area contributed by atoms with Crippen molar-refractivity contribution >= 4 is 36.9 Å². The molecule has 2 unspecified atom stereocenters. The van der Waals surface area contributed by atoms with Crippen LogP contribution in [0, 0.1) is 5.92 Å². The quantitative estimate of drug-likeness (QED) is 0.112. The molecule has 3 aliphatic carbocycles. The molecule has 3 amide bonds. The monoisotopic (exact) mass is 729 g/mol. The number of anilines is 2. The largest absolute Gasteiger partial charge is 0.393 e. The summed E-state index contributed by atoms with van der Waals surface area (Å²) in [5.74, 6) is -0.988. The number of nitrogens with two attached hydrogens (primary N) is 2. The number of likely N-dealkylation sites (tertiary alicyclic amines) is 1. The second-order valence-electron chi connectivity index (χ2n) is 15.7. The summed E-state index contributed by atoms with van der Waals surface area (Å²) >= 11 is 0. The van der Waals surface area contributed by atoms with Gasteiger partial charge < -0.3 is 37.2 Å². The molecule has 4 fully saturated rings. The van der Waals surface area contributed by atoms with E-state index in [4.69, 9.17) is 24.4 Å². The summed E-state index contributed by atoms with van der Waals surface area (Å²) < 4.78 is 2.21. The zero-order chi connectivity index (χ0) is 37.9. The lowest BCUT2D eigenvalue weighted by atomic mass is 9.84. The van der Waals surface area contributed by atoms with E-state index in [9.17, 15) is 14.4 Å². The summed E-state index contributed by atoms with van der Waals surface area (Å²) in [6, 6.07) is 11.8. The van der Waals surface area contributed by atoms with Gasteiger partial charge in [-0.2, -0.15) is 5.10 Å². The van der Waals surface area contributed by atoms with Gasteiger partial charge in [-0.3, -0.25) is 24.0 Å². The maximum Gasteiger partial charge on any atom is 0.271 e. The molecule has 3 aromatic rings. The lowest BCUT2D eigenvalue weighted by molar-refractivity contribution is -0.121. The van der Waals surface area contributed by atoms with Gasteiger partial charge in [0, 0.05) is 74.0 Å². The molecule has 0 bridgehead atoms. The average Bonchev–Trinajstić information content (AvgIpc) is 4.06. The molecular weight excluding hydrogens is 681 g/mol. The molecule has 1 saturated heterocycles. The van der Waals surface area contributed by atoms with Crippen LogP contribution >= 0.6 is 0 Å². The number of carbonyl (C=O) groups is 3. The highest BCUT2D eigenvalue weighted by Gasteiger charge is 2.53. The van der Waals surface area contributed by atoms with E-state index in [1.54, 1.807) is 20.2 Å². The molecule has 3 saturated carbocycles. The van der Waals surface area contributed by atoms with Gasteiger partial charge in [0.2, 0.25) is 5.91 Å². The maximum absolute atomic E-state index is 13.1. The molecule has 8 rings (SSSR count). The molecule has 5 aliphatic rings. The number of hydrogen-bond acceptors (Lipinski definition) is 10. The third kappa shape index (κ3) is 6.92. The SMILES string of the molecule is [B]C(c1cccc(C(=O)N(C)C)n1)N1CCC(n2ncc3c2CN(C)c2c(NC(/C=C(\N)NC(=O)C4CC4)=C(/N)C(=O)NC4CC4)cccc2-3)CC12CC2. The summed E-state index contributed by atoms with van der Waals surface area (Å²) in [7, 11) is 12.4. The molecule has 7 N–H and O–H groups in total. The van der Waals surface area contributed by atoms with Crippen LogP contribution in [-0.2, 0) is 16.1 Å². The van der Waals surface area contributed by atoms with Gasteiger partial charge in [-0.15, -0.1) is 0 Å². The number of piperidine rings is 1. The minimum Gasteiger partial charge on any atom is -0.393 e. The Labute approximate surface area is 316 Å². The molecule has 1 spiro atoms. The van der Waals surface area contributed by atoms with Crippen molar-refractivity contribution in [1.29, 1.82) is 0 Å². The Bertz CT molecular complexity index is 2060. The molecule has 15 heteroatoms. The molecule has 54 heavy (non-hydrogen) atoms. The number of para-hydroxylation sites is 1. The maximum atomic E-state index is 13.1. The first kappa shape index (κ1) is 35.7. The normalized spacial score (nSPS) is 21.4. The molecule has 1 aromatic carbocycles. The second-order valence-corrected chi connectivity index (χ2v) is 15.7. The first-order chi connectivity index (χ1) is 25.9. The molecular formula is C39H48BN11O3. The summed E-state index contributed by atoms with van der Waals surface area (Å²) in [5, 5.41) is 14.1. The fraction of sp³-hybridized carbons (Fsp3) is 0.462. The molecule has 2 aromatic heterocycles. The van der Waals surface area contributed by atoms with Crippen LogP contribution < -0.4 is 32.3 Å². The number of hydrogen-bond donors (Lipinski definition) is 5. The first-order valence-electron chi connectivity index (χ1n) is 18.9. The molecule has 14 nitrogen and oxygen atoms in total. The minimum atomic E-state index is -0.411. The van der Waals surface area contributed by atoms with Crippen LogP contribution in [0.5, 0.6) is 0 Å². The van der Waals surface area contributed by atoms with Crippen LogP contribution in [0.25, 0.3) is 11.1 Å². The highest BCUT2D eigenvalue weighted by Crippen LogP contribution is 2.54. The topological polar surface area (TPSA) is 180 Å². The lowest BCUT2D eigenvalue weighted by Crippen LogP contribution is -2.47. The molecule has 2 atom stereocenters. The van der Waals surface area contributed by atoms with Crippen molar-refractivity contribution in [2.75, 3.05) is 37.9 Å². The number of carbonyl (C=O) groups excluding carboxylic acids is 3. The van der Waals surface area contributed by atoms with E-state index >= 15 is 0 Å². The predicted molar refractivity (Wildman–Crippen MR) is 207 cm³/mol. The van der Waals surface area contributed by atoms with Gasteiger partial charge in [-0.1, -0.05) is 18.2 Å². The number of pyridine rings is 1. The Morgan fingerprint density at radius 2 is 1.80 bits per heavy atom. The number of rotatable bonds is 11. The van der Waals surface area contributed by atoms with Crippen molar-refractivity contribution < 1.29 is 14.4 Å². The van der Waals surface area contributed by atoms with Crippen LogP contribution in [0.15, 0.2) is 65.9 Å². The molecule has 4 heterocycles. The fourth-order valence-electron chi connectivity index (χ4n) is 7.97. The van der Waals surface area contributed by atoms with E-state index < -0.39 is 5.94 Å². The zero-order valence-corrected chi connectivity index (χ0v) is 31.1. The Hall–Kier alpha value is -5.31. The van der Waals surface area contributed by atoms with Crippen LogP contribution in [-0.4, -0.2) is 89.4 Å². The van der Waals surface area contributed by atoms with Gasteiger partial charge in [0.1, 0.15) is 17.2 Å². The third-order valence-electron chi connectivity index (χ3n) is 11.4. The highest BCUT2D eigenvalue weighted by molar-refractivity contribution is 6.12. The van der Waals surface area contributed by atoms with E-state index in [0.717, 1.165) is 86.1 Å². The van der Waals surface area contributed by atoms with Gasteiger partial charge >= 0.3 is 0 Å². The Balaban J connectivity index is 1.04. The summed E-state index contributed by atoms with van der Waals surface area (Å²) in [5.41, 5.74) is 19.0. The first-order valence-corrected chi connectivity index (χ1v) is 18.9. The smallest absolute Gasteiger partial charge is 0.271 e. The third-order valence-corrected chi connectivity index (χ3v) is 11.4. The van der Waals surface area contributed by atoms with E-state index in [2.05, 4.69) is 41.5 Å². The number of nitrogens with one attached hydrogen (secondary N) is 3. The molecule has 2 aliphatic heterocycles. The minimum absolute atomic E-state index is 0.0132. The fourth-order valence-corrected chi connectivity index (χ4v) is 7.97. The standard InChI is InChI=1S/C39H48BN11O3/c1-48(2)38(54)29-9-5-8-28(46-29)35(40)50-17-14-24(19-39(50)15-16-39)51-31-21-49(3)34-25(26(31)20-43-51)6-4-7-27(34)45-30(33(42)37(53)44-23-12-13-23)18-32(41)47-36(52)22-10-11-22/h4-9,18,20,22-24,35,45H,10-17,19,21,41-42H2,1-3H3,(H,44,53)(H,47,52)/b32-18+,33-30+. The average molecular weight is 730 g/mol. The Morgan fingerprint density at radius 3 is 2.50 bits per heavy atom. The van der Waals surface area contributed by atoms with Crippen molar-refractivity contribution in [3.63, 3.8) is 0 Å². The van der Waals surface area contributed by atoms with Gasteiger partial charge in [-0.05, 0) is 69.6 Å². The summed E-state index contributed by atoms with van der Waals surface area (Å²) in [6.07, 6.45) is 10.9.